The fraction of sp³-hybridized carbons (Fsp3) is 0.333. The highest BCUT2D eigenvalue weighted by Crippen LogP contribution is 2.57. The summed E-state index contributed by atoms with van der Waals surface area (Å²) < 4.78 is 19.8. The van der Waals surface area contributed by atoms with Gasteiger partial charge in [-0.25, -0.2) is 0 Å². The van der Waals surface area contributed by atoms with Gasteiger partial charge in [-0.1, -0.05) is 126 Å². The second-order valence-corrected chi connectivity index (χ2v) is 18.9. The van der Waals surface area contributed by atoms with Crippen molar-refractivity contribution in [1.29, 1.82) is 0 Å². The van der Waals surface area contributed by atoms with Crippen molar-refractivity contribution in [1.82, 2.24) is 0 Å². The molecule has 0 amide bonds. The highest BCUT2D eigenvalue weighted by atomic mass is 35.5. The van der Waals surface area contributed by atoms with E-state index in [0.29, 0.717) is 34.0 Å². The molecule has 0 saturated carbocycles. The molecular formula is C36H41ClO3SSi. The molecule has 3 nitrogen and oxygen atoms in total. The van der Waals surface area contributed by atoms with E-state index in [2.05, 4.69) is 90.1 Å². The lowest BCUT2D eigenvalue weighted by Crippen LogP contribution is -2.50. The van der Waals surface area contributed by atoms with Crippen LogP contribution < -0.4 is 13.9 Å². The summed E-state index contributed by atoms with van der Waals surface area (Å²) >= 11 is 8.70. The van der Waals surface area contributed by atoms with E-state index in [4.69, 9.17) is 25.5 Å². The van der Waals surface area contributed by atoms with Crippen molar-refractivity contribution in [2.45, 2.75) is 81.0 Å². The van der Waals surface area contributed by atoms with Crippen LogP contribution in [0.15, 0.2) is 102 Å². The van der Waals surface area contributed by atoms with Gasteiger partial charge >= 0.3 is 0 Å². The summed E-state index contributed by atoms with van der Waals surface area (Å²) in [5.41, 5.74) is 4.94. The Labute approximate surface area is 261 Å². The number of halogens is 1. The molecule has 1 aliphatic rings. The molecule has 4 aromatic carbocycles. The first-order chi connectivity index (χ1) is 20.2. The second kappa shape index (κ2) is 13.2. The largest absolute Gasteiger partial charge is 0.543 e. The summed E-state index contributed by atoms with van der Waals surface area (Å²) in [5, 5.41) is 0.608. The molecule has 0 unspecified atom stereocenters. The summed E-state index contributed by atoms with van der Waals surface area (Å²) in [6.07, 6.45) is -0.187. The minimum Gasteiger partial charge on any atom is -0.543 e. The molecule has 42 heavy (non-hydrogen) atoms. The number of rotatable bonds is 10. The van der Waals surface area contributed by atoms with E-state index in [1.165, 1.54) is 5.56 Å². The molecule has 6 heteroatoms. The van der Waals surface area contributed by atoms with Crippen molar-refractivity contribution in [3.63, 3.8) is 0 Å². The van der Waals surface area contributed by atoms with E-state index in [-0.39, 0.29) is 11.4 Å². The molecule has 220 valence electrons. The standard InChI is InChI=1S/C36H41ClO3SSi/c1-24(2)42(25(3)4,26(5)6)40-30-19-17-28(18-20-30)34-35(29-15-11-8-12-16-29)41-36-32(39-34)22-21-31(33(36)37)38-23-27-13-9-7-10-14-27/h7-22,24-26,34-35H,23H2,1-6H3/t34-,35+/m1/s1. The monoisotopic (exact) mass is 616 g/mol. The first-order valence-electron chi connectivity index (χ1n) is 14.9. The van der Waals surface area contributed by atoms with Gasteiger partial charge in [-0.2, -0.15) is 0 Å². The summed E-state index contributed by atoms with van der Waals surface area (Å²) in [6.45, 7) is 14.4. The second-order valence-electron chi connectivity index (χ2n) is 12.0. The van der Waals surface area contributed by atoms with Crippen molar-refractivity contribution >= 4 is 31.7 Å². The lowest BCUT2D eigenvalue weighted by molar-refractivity contribution is 0.190. The smallest absolute Gasteiger partial charge is 0.258 e. The van der Waals surface area contributed by atoms with Gasteiger partial charge in [-0.05, 0) is 57.6 Å². The number of ether oxygens (including phenoxy) is 2. The van der Waals surface area contributed by atoms with Crippen LogP contribution in [0.4, 0.5) is 0 Å². The molecule has 1 heterocycles. The van der Waals surface area contributed by atoms with E-state index in [0.717, 1.165) is 27.5 Å². The molecule has 5 rings (SSSR count). The van der Waals surface area contributed by atoms with Gasteiger partial charge in [0.15, 0.2) is 0 Å². The maximum atomic E-state index is 6.96. The summed E-state index contributed by atoms with van der Waals surface area (Å²) in [6, 6.07) is 33.1. The van der Waals surface area contributed by atoms with Crippen LogP contribution in [-0.4, -0.2) is 8.32 Å². The van der Waals surface area contributed by atoms with Crippen LogP contribution in [0.3, 0.4) is 0 Å². The Bertz CT molecular complexity index is 1440. The van der Waals surface area contributed by atoms with Crippen LogP contribution in [0.1, 0.15) is 69.6 Å². The Kier molecular flexibility index (Phi) is 9.61. The van der Waals surface area contributed by atoms with Gasteiger partial charge in [-0.15, -0.1) is 11.8 Å². The molecule has 4 aromatic rings. The number of benzene rings is 4. The Morgan fingerprint density at radius 2 is 1.33 bits per heavy atom. The van der Waals surface area contributed by atoms with Crippen molar-refractivity contribution < 1.29 is 13.9 Å². The predicted molar refractivity (Wildman–Crippen MR) is 179 cm³/mol. The topological polar surface area (TPSA) is 27.7 Å². The van der Waals surface area contributed by atoms with Gasteiger partial charge in [0.25, 0.3) is 8.32 Å². The molecule has 0 aromatic heterocycles. The fourth-order valence-electron chi connectivity index (χ4n) is 6.37. The summed E-state index contributed by atoms with van der Waals surface area (Å²) in [5.74, 6) is 2.39. The predicted octanol–water partition coefficient (Wildman–Crippen LogP) is 11.4. The molecule has 0 aliphatic carbocycles. The third kappa shape index (κ3) is 6.24. The third-order valence-corrected chi connectivity index (χ3v) is 16.3. The van der Waals surface area contributed by atoms with Gasteiger partial charge in [0.05, 0.1) is 15.2 Å². The van der Waals surface area contributed by atoms with Crippen LogP contribution in [0.2, 0.25) is 21.6 Å². The molecule has 2 atom stereocenters. The van der Waals surface area contributed by atoms with Crippen LogP contribution in [-0.2, 0) is 6.61 Å². The Morgan fingerprint density at radius 3 is 1.93 bits per heavy atom. The lowest BCUT2D eigenvalue weighted by atomic mass is 10.00. The van der Waals surface area contributed by atoms with Gasteiger partial charge in [0, 0.05) is 0 Å². The molecule has 0 N–H and O–H groups in total. The Morgan fingerprint density at radius 1 is 0.738 bits per heavy atom. The van der Waals surface area contributed by atoms with Crippen LogP contribution in [0, 0.1) is 0 Å². The van der Waals surface area contributed by atoms with Gasteiger partial charge < -0.3 is 13.9 Å². The van der Waals surface area contributed by atoms with E-state index in [9.17, 15) is 0 Å². The summed E-state index contributed by atoms with van der Waals surface area (Å²) in [4.78, 5) is 0.911. The van der Waals surface area contributed by atoms with Crippen molar-refractivity contribution in [3.05, 3.63) is 119 Å². The normalized spacial score (nSPS) is 16.8. The highest BCUT2D eigenvalue weighted by molar-refractivity contribution is 7.99. The average Bonchev–Trinajstić information content (AvgIpc) is 3.00. The molecule has 0 spiro atoms. The third-order valence-electron chi connectivity index (χ3n) is 8.37. The van der Waals surface area contributed by atoms with E-state index < -0.39 is 8.32 Å². The van der Waals surface area contributed by atoms with E-state index in [1.54, 1.807) is 11.8 Å². The Hall–Kier alpha value is -2.86. The SMILES string of the molecule is CC(C)[Si](Oc1ccc([C@H]2Oc3ccc(OCc4ccccc4)c(Cl)c3S[C@H]2c2ccccc2)cc1)(C(C)C)C(C)C. The first-order valence-corrected chi connectivity index (χ1v) is 18.3. The number of hydrogen-bond acceptors (Lipinski definition) is 4. The zero-order valence-electron chi connectivity index (χ0n) is 25.3. The van der Waals surface area contributed by atoms with Gasteiger partial charge in [0.1, 0.15) is 30.0 Å². The number of fused-ring (bicyclic) bond motifs is 1. The van der Waals surface area contributed by atoms with Crippen molar-refractivity contribution in [2.75, 3.05) is 0 Å². The fourth-order valence-corrected chi connectivity index (χ4v) is 13.3. The zero-order valence-corrected chi connectivity index (χ0v) is 27.9. The quantitative estimate of drug-likeness (QED) is 0.166. The average molecular weight is 617 g/mol. The molecule has 0 radical (unpaired) electrons. The van der Waals surface area contributed by atoms with Gasteiger partial charge in [-0.3, -0.25) is 0 Å². The van der Waals surface area contributed by atoms with Crippen LogP contribution in [0.25, 0.3) is 0 Å². The summed E-state index contributed by atoms with van der Waals surface area (Å²) in [7, 11) is -2.04. The lowest BCUT2D eigenvalue weighted by Gasteiger charge is -2.42. The molecule has 1 aliphatic heterocycles. The molecule has 0 saturated heterocycles. The minimum absolute atomic E-state index is 0.0165. The highest BCUT2D eigenvalue weighted by Gasteiger charge is 2.47. The zero-order chi connectivity index (χ0) is 29.9. The molecule has 0 fully saturated rings. The number of hydrogen-bond donors (Lipinski definition) is 0. The first kappa shape index (κ1) is 30.6. The van der Waals surface area contributed by atoms with Crippen LogP contribution in [0.5, 0.6) is 17.2 Å². The van der Waals surface area contributed by atoms with E-state index in [1.807, 2.05) is 48.5 Å². The van der Waals surface area contributed by atoms with E-state index >= 15 is 0 Å². The minimum atomic E-state index is -2.04. The molecule has 0 bridgehead atoms. The van der Waals surface area contributed by atoms with Gasteiger partial charge in [0.2, 0.25) is 0 Å². The number of thioether (sulfide) groups is 1. The van der Waals surface area contributed by atoms with Crippen molar-refractivity contribution in [3.8, 4) is 17.2 Å². The maximum absolute atomic E-state index is 6.96. The van der Waals surface area contributed by atoms with Crippen LogP contribution >= 0.6 is 23.4 Å². The Balaban J connectivity index is 1.44. The maximum Gasteiger partial charge on any atom is 0.258 e. The molecular weight excluding hydrogens is 576 g/mol. The van der Waals surface area contributed by atoms with Crippen molar-refractivity contribution in [2.24, 2.45) is 0 Å².